The molecule has 1 fully saturated rings. The third-order valence-electron chi connectivity index (χ3n) is 3.76. The molecule has 0 spiro atoms. The Morgan fingerprint density at radius 3 is 2.84 bits per heavy atom. The van der Waals surface area contributed by atoms with Crippen LogP contribution >= 0.6 is 15.9 Å². The number of methoxy groups -OCH3 is 1. The van der Waals surface area contributed by atoms with Crippen molar-refractivity contribution in [1.29, 1.82) is 5.41 Å². The number of rotatable bonds is 3. The number of hydrogen-bond acceptors (Lipinski definition) is 3. The van der Waals surface area contributed by atoms with E-state index in [0.717, 1.165) is 41.7 Å². The van der Waals surface area contributed by atoms with Crippen LogP contribution in [0.3, 0.4) is 0 Å². The van der Waals surface area contributed by atoms with Crippen LogP contribution in [0.1, 0.15) is 25.3 Å². The number of anilines is 1. The third kappa shape index (κ3) is 3.09. The van der Waals surface area contributed by atoms with Crippen LogP contribution in [-0.2, 0) is 4.74 Å². The fraction of sp³-hybridized carbons (Fsp3) is 0.500. The van der Waals surface area contributed by atoms with Gasteiger partial charge in [-0.1, -0.05) is 0 Å². The number of nitrogens with two attached hydrogens (primary N) is 1. The Morgan fingerprint density at radius 1 is 1.53 bits per heavy atom. The van der Waals surface area contributed by atoms with Gasteiger partial charge in [0, 0.05) is 35.9 Å². The first-order valence-electron chi connectivity index (χ1n) is 6.39. The lowest BCUT2D eigenvalue weighted by Crippen LogP contribution is -2.47. The molecule has 1 aliphatic rings. The van der Waals surface area contributed by atoms with Crippen LogP contribution in [0.2, 0.25) is 0 Å². The van der Waals surface area contributed by atoms with Crippen molar-refractivity contribution >= 4 is 27.5 Å². The highest BCUT2D eigenvalue weighted by Gasteiger charge is 2.30. The molecule has 0 radical (unpaired) electrons. The number of nitrogens with one attached hydrogen (secondary N) is 1. The standard InChI is InChI=1S/C14H20BrN3O/c1-14(19-2)6-3-7-18(9-14)10-4-5-11(13(16)17)12(15)8-10/h4-5,8H,3,6-7,9H2,1-2H3,(H3,16,17). The molecule has 0 aliphatic carbocycles. The Labute approximate surface area is 122 Å². The summed E-state index contributed by atoms with van der Waals surface area (Å²) in [5, 5.41) is 7.50. The fourth-order valence-electron chi connectivity index (χ4n) is 2.51. The van der Waals surface area contributed by atoms with Gasteiger partial charge < -0.3 is 15.4 Å². The van der Waals surface area contributed by atoms with Crippen molar-refractivity contribution < 1.29 is 4.74 Å². The van der Waals surface area contributed by atoms with Crippen molar-refractivity contribution in [2.75, 3.05) is 25.1 Å². The Morgan fingerprint density at radius 2 is 2.26 bits per heavy atom. The van der Waals surface area contributed by atoms with E-state index in [-0.39, 0.29) is 11.4 Å². The molecule has 0 amide bonds. The highest BCUT2D eigenvalue weighted by Crippen LogP contribution is 2.30. The molecule has 5 heteroatoms. The molecule has 104 valence electrons. The van der Waals surface area contributed by atoms with Crippen molar-refractivity contribution in [1.82, 2.24) is 0 Å². The largest absolute Gasteiger partial charge is 0.384 e. The number of nitrogen functional groups attached to an aromatic ring is 1. The van der Waals surface area contributed by atoms with Crippen LogP contribution in [0.5, 0.6) is 0 Å². The molecule has 3 N–H and O–H groups in total. The summed E-state index contributed by atoms with van der Waals surface area (Å²) in [6, 6.07) is 5.93. The number of hydrogen-bond donors (Lipinski definition) is 2. The smallest absolute Gasteiger partial charge is 0.123 e. The van der Waals surface area contributed by atoms with Gasteiger partial charge in [0.2, 0.25) is 0 Å². The number of benzene rings is 1. The SMILES string of the molecule is COC1(C)CCCN(c2ccc(C(=N)N)c(Br)c2)C1. The zero-order valence-electron chi connectivity index (χ0n) is 11.4. The van der Waals surface area contributed by atoms with E-state index in [4.69, 9.17) is 15.9 Å². The van der Waals surface area contributed by atoms with Gasteiger partial charge in [0.15, 0.2) is 0 Å². The van der Waals surface area contributed by atoms with Gasteiger partial charge in [0.05, 0.1) is 5.60 Å². The van der Waals surface area contributed by atoms with E-state index in [1.807, 2.05) is 18.2 Å². The van der Waals surface area contributed by atoms with Crippen LogP contribution in [0.4, 0.5) is 5.69 Å². The van der Waals surface area contributed by atoms with E-state index in [1.54, 1.807) is 7.11 Å². The molecule has 1 heterocycles. The minimum absolute atomic E-state index is 0.0794. The summed E-state index contributed by atoms with van der Waals surface area (Å²) in [6.07, 6.45) is 2.21. The third-order valence-corrected chi connectivity index (χ3v) is 4.42. The molecule has 4 nitrogen and oxygen atoms in total. The molecule has 1 unspecified atom stereocenters. The van der Waals surface area contributed by atoms with Gasteiger partial charge in [-0.2, -0.15) is 0 Å². The summed E-state index contributed by atoms with van der Waals surface area (Å²) in [7, 11) is 1.78. The first-order valence-corrected chi connectivity index (χ1v) is 7.18. The second-order valence-electron chi connectivity index (χ2n) is 5.26. The summed E-state index contributed by atoms with van der Waals surface area (Å²) in [5.74, 6) is 0.0822. The van der Waals surface area contributed by atoms with E-state index < -0.39 is 0 Å². The first kappa shape index (κ1) is 14.3. The molecule has 1 atom stereocenters. The minimum atomic E-state index is -0.0794. The zero-order valence-corrected chi connectivity index (χ0v) is 13.0. The van der Waals surface area contributed by atoms with E-state index in [0.29, 0.717) is 0 Å². The summed E-state index contributed by atoms with van der Waals surface area (Å²) in [6.45, 7) is 4.07. The topological polar surface area (TPSA) is 62.3 Å². The van der Waals surface area contributed by atoms with E-state index in [2.05, 4.69) is 27.8 Å². The van der Waals surface area contributed by atoms with Crippen LogP contribution in [0.15, 0.2) is 22.7 Å². The van der Waals surface area contributed by atoms with E-state index in [1.165, 1.54) is 0 Å². The molecular formula is C14H20BrN3O. The maximum absolute atomic E-state index is 7.50. The van der Waals surface area contributed by atoms with Crippen molar-refractivity contribution in [2.45, 2.75) is 25.4 Å². The highest BCUT2D eigenvalue weighted by atomic mass is 79.9. The molecule has 1 aliphatic heterocycles. The average molecular weight is 326 g/mol. The van der Waals surface area contributed by atoms with Gasteiger partial charge in [-0.25, -0.2) is 0 Å². The summed E-state index contributed by atoms with van der Waals surface area (Å²) in [5.41, 5.74) is 7.32. The van der Waals surface area contributed by atoms with Crippen LogP contribution in [0, 0.1) is 5.41 Å². The second kappa shape index (κ2) is 5.51. The van der Waals surface area contributed by atoms with Gasteiger partial charge in [-0.05, 0) is 53.9 Å². The number of halogens is 1. The molecule has 1 aromatic carbocycles. The summed E-state index contributed by atoms with van der Waals surface area (Å²) < 4.78 is 6.48. The second-order valence-corrected chi connectivity index (χ2v) is 6.11. The van der Waals surface area contributed by atoms with Crippen LogP contribution in [0.25, 0.3) is 0 Å². The molecule has 1 aromatic rings. The highest BCUT2D eigenvalue weighted by molar-refractivity contribution is 9.10. The number of piperidine rings is 1. The van der Waals surface area contributed by atoms with Crippen LogP contribution < -0.4 is 10.6 Å². The van der Waals surface area contributed by atoms with Gasteiger partial charge in [-0.15, -0.1) is 0 Å². The molecule has 2 rings (SSSR count). The zero-order chi connectivity index (χ0) is 14.0. The monoisotopic (exact) mass is 325 g/mol. The molecule has 0 saturated carbocycles. The van der Waals surface area contributed by atoms with Crippen molar-refractivity contribution in [3.63, 3.8) is 0 Å². The molecule has 0 bridgehead atoms. The molecule has 1 saturated heterocycles. The number of amidine groups is 1. The predicted molar refractivity (Wildman–Crippen MR) is 82.0 cm³/mol. The Kier molecular flexibility index (Phi) is 4.16. The number of nitrogens with zero attached hydrogens (tertiary/aromatic N) is 1. The van der Waals surface area contributed by atoms with E-state index >= 15 is 0 Å². The Bertz CT molecular complexity index is 492. The molecule has 19 heavy (non-hydrogen) atoms. The lowest BCUT2D eigenvalue weighted by molar-refractivity contribution is -0.00465. The normalized spacial score (nSPS) is 23.4. The van der Waals surface area contributed by atoms with Crippen molar-refractivity contribution in [3.05, 3.63) is 28.2 Å². The van der Waals surface area contributed by atoms with Crippen LogP contribution in [-0.4, -0.2) is 31.6 Å². The van der Waals surface area contributed by atoms with E-state index in [9.17, 15) is 0 Å². The van der Waals surface area contributed by atoms with Crippen molar-refractivity contribution in [3.8, 4) is 0 Å². The average Bonchev–Trinajstić information content (AvgIpc) is 2.38. The fourth-order valence-corrected chi connectivity index (χ4v) is 3.09. The summed E-state index contributed by atoms with van der Waals surface area (Å²) >= 11 is 3.48. The maximum atomic E-state index is 7.50. The Hall–Kier alpha value is -1.07. The Balaban J connectivity index is 2.23. The number of ether oxygens (including phenoxy) is 1. The van der Waals surface area contributed by atoms with Gasteiger partial charge in [-0.3, -0.25) is 5.41 Å². The lowest BCUT2D eigenvalue weighted by Gasteiger charge is -2.40. The van der Waals surface area contributed by atoms with Gasteiger partial charge in [0.1, 0.15) is 5.84 Å². The molecular weight excluding hydrogens is 306 g/mol. The predicted octanol–water partition coefficient (Wildman–Crippen LogP) is 2.74. The van der Waals surface area contributed by atoms with Crippen molar-refractivity contribution in [2.24, 2.45) is 5.73 Å². The first-order chi connectivity index (χ1) is 8.95. The van der Waals surface area contributed by atoms with Gasteiger partial charge in [0.25, 0.3) is 0 Å². The quantitative estimate of drug-likeness (QED) is 0.663. The minimum Gasteiger partial charge on any atom is -0.384 e. The maximum Gasteiger partial charge on any atom is 0.123 e. The van der Waals surface area contributed by atoms with Gasteiger partial charge >= 0.3 is 0 Å². The summed E-state index contributed by atoms with van der Waals surface area (Å²) in [4.78, 5) is 2.32. The lowest BCUT2D eigenvalue weighted by atomic mass is 9.94. The molecule has 0 aromatic heterocycles.